The van der Waals surface area contributed by atoms with Crippen molar-refractivity contribution in [3.8, 4) is 0 Å². The minimum atomic E-state index is -0.454. The van der Waals surface area contributed by atoms with E-state index in [9.17, 15) is 14.0 Å². The minimum absolute atomic E-state index is 0.00795. The highest BCUT2D eigenvalue weighted by Gasteiger charge is 2.37. The first kappa shape index (κ1) is 20.0. The standard InChI is InChI=1S/C22H28FN3O3/c1-15(27)3-2-9-25-13-16(19-11-17(23)4-7-20(19)25)14-26(18-5-6-18)22(28)21-12-24-8-10-29-21/h4,7,11,13,18,21,24H,2-3,5-6,8-10,12,14H2,1H3/t21-/m1/s1. The molecule has 1 atom stereocenters. The third-order valence-electron chi connectivity index (χ3n) is 5.67. The number of aryl methyl sites for hydroxylation is 1. The molecule has 2 fully saturated rings. The van der Waals surface area contributed by atoms with Gasteiger partial charge in [-0.15, -0.1) is 0 Å². The van der Waals surface area contributed by atoms with Crippen LogP contribution in [0.25, 0.3) is 10.9 Å². The van der Waals surface area contributed by atoms with Crippen LogP contribution in [0, 0.1) is 5.82 Å². The van der Waals surface area contributed by atoms with Gasteiger partial charge in [-0.25, -0.2) is 4.39 Å². The van der Waals surface area contributed by atoms with Gasteiger partial charge in [-0.3, -0.25) is 4.79 Å². The summed E-state index contributed by atoms with van der Waals surface area (Å²) in [4.78, 5) is 26.3. The normalized spacial score (nSPS) is 19.4. The van der Waals surface area contributed by atoms with Gasteiger partial charge in [-0.05, 0) is 49.9 Å². The maximum absolute atomic E-state index is 14.0. The minimum Gasteiger partial charge on any atom is -0.366 e. The molecule has 29 heavy (non-hydrogen) atoms. The largest absolute Gasteiger partial charge is 0.366 e. The van der Waals surface area contributed by atoms with E-state index in [4.69, 9.17) is 4.74 Å². The second kappa shape index (κ2) is 8.63. The van der Waals surface area contributed by atoms with Crippen LogP contribution in [0.3, 0.4) is 0 Å². The summed E-state index contributed by atoms with van der Waals surface area (Å²) in [6.45, 7) is 4.56. The number of ketones is 1. The molecule has 1 N–H and O–H groups in total. The fraction of sp³-hybridized carbons (Fsp3) is 0.545. The maximum Gasteiger partial charge on any atom is 0.253 e. The van der Waals surface area contributed by atoms with Crippen LogP contribution < -0.4 is 5.32 Å². The predicted octanol–water partition coefficient (Wildman–Crippen LogP) is 2.63. The molecule has 1 aromatic heterocycles. The van der Waals surface area contributed by atoms with Crippen LogP contribution in [0.2, 0.25) is 0 Å². The summed E-state index contributed by atoms with van der Waals surface area (Å²) in [5.74, 6) is -0.114. The number of carbonyl (C=O) groups excluding carboxylic acids is 2. The molecule has 1 amide bonds. The Bertz CT molecular complexity index is 900. The lowest BCUT2D eigenvalue weighted by Gasteiger charge is -2.30. The average Bonchev–Trinajstić information content (AvgIpc) is 3.50. The molecule has 6 nitrogen and oxygen atoms in total. The first-order valence-electron chi connectivity index (χ1n) is 10.4. The van der Waals surface area contributed by atoms with Crippen LogP contribution in [0.15, 0.2) is 24.4 Å². The van der Waals surface area contributed by atoms with Crippen LogP contribution in [-0.4, -0.2) is 53.0 Å². The molecule has 1 aliphatic carbocycles. The zero-order valence-electron chi connectivity index (χ0n) is 16.8. The van der Waals surface area contributed by atoms with E-state index >= 15 is 0 Å². The predicted molar refractivity (Wildman–Crippen MR) is 108 cm³/mol. The molecule has 156 valence electrons. The topological polar surface area (TPSA) is 63.6 Å². The molecule has 1 aromatic carbocycles. The smallest absolute Gasteiger partial charge is 0.253 e. The highest BCUT2D eigenvalue weighted by Crippen LogP contribution is 2.32. The van der Waals surface area contributed by atoms with Gasteiger partial charge in [0.15, 0.2) is 0 Å². The van der Waals surface area contributed by atoms with Gasteiger partial charge in [0.1, 0.15) is 17.7 Å². The number of morpholine rings is 1. The molecule has 7 heteroatoms. The Labute approximate surface area is 170 Å². The Balaban J connectivity index is 1.58. The van der Waals surface area contributed by atoms with Crippen LogP contribution in [-0.2, 0) is 27.4 Å². The number of fused-ring (bicyclic) bond motifs is 1. The lowest BCUT2D eigenvalue weighted by molar-refractivity contribution is -0.146. The van der Waals surface area contributed by atoms with Gasteiger partial charge in [0.2, 0.25) is 0 Å². The highest BCUT2D eigenvalue weighted by molar-refractivity contribution is 5.86. The zero-order chi connectivity index (χ0) is 20.4. The van der Waals surface area contributed by atoms with E-state index in [1.165, 1.54) is 6.07 Å². The van der Waals surface area contributed by atoms with Crippen molar-refractivity contribution in [2.75, 3.05) is 19.7 Å². The Hall–Kier alpha value is -2.25. The summed E-state index contributed by atoms with van der Waals surface area (Å²) >= 11 is 0. The zero-order valence-corrected chi connectivity index (χ0v) is 16.8. The number of halogens is 1. The molecular formula is C22H28FN3O3. The molecule has 4 rings (SSSR count). The van der Waals surface area contributed by atoms with Crippen LogP contribution in [0.5, 0.6) is 0 Å². The number of ether oxygens (including phenoxy) is 1. The summed E-state index contributed by atoms with van der Waals surface area (Å²) in [6, 6.07) is 5.01. The van der Waals surface area contributed by atoms with E-state index in [2.05, 4.69) is 9.88 Å². The van der Waals surface area contributed by atoms with Gasteiger partial charge >= 0.3 is 0 Å². The summed E-state index contributed by atoms with van der Waals surface area (Å²) in [5, 5.41) is 4.04. The monoisotopic (exact) mass is 401 g/mol. The fourth-order valence-corrected chi connectivity index (χ4v) is 4.02. The van der Waals surface area contributed by atoms with Crippen molar-refractivity contribution in [2.24, 2.45) is 0 Å². The van der Waals surface area contributed by atoms with Crippen molar-refractivity contribution in [3.05, 3.63) is 35.8 Å². The summed E-state index contributed by atoms with van der Waals surface area (Å²) in [7, 11) is 0. The van der Waals surface area contributed by atoms with Gasteiger partial charge in [0, 0.05) is 55.7 Å². The van der Waals surface area contributed by atoms with Gasteiger partial charge in [0.25, 0.3) is 5.91 Å². The van der Waals surface area contributed by atoms with Gasteiger partial charge in [0.05, 0.1) is 6.61 Å². The third kappa shape index (κ3) is 4.67. The van der Waals surface area contributed by atoms with Gasteiger partial charge in [-0.1, -0.05) is 0 Å². The number of hydrogen-bond acceptors (Lipinski definition) is 4. The van der Waals surface area contributed by atoms with Gasteiger partial charge in [-0.2, -0.15) is 0 Å². The van der Waals surface area contributed by atoms with Crippen molar-refractivity contribution in [3.63, 3.8) is 0 Å². The van der Waals surface area contributed by atoms with E-state index in [0.717, 1.165) is 42.3 Å². The number of aromatic nitrogens is 1. The first-order chi connectivity index (χ1) is 14.0. The lowest BCUT2D eigenvalue weighted by atomic mass is 10.1. The van der Waals surface area contributed by atoms with E-state index in [1.807, 2.05) is 11.1 Å². The molecule has 0 unspecified atom stereocenters. The second-order valence-electron chi connectivity index (χ2n) is 8.08. The summed E-state index contributed by atoms with van der Waals surface area (Å²) < 4.78 is 21.7. The van der Waals surface area contributed by atoms with Crippen molar-refractivity contribution in [1.29, 1.82) is 0 Å². The molecule has 0 radical (unpaired) electrons. The molecule has 2 aromatic rings. The number of hydrogen-bond donors (Lipinski definition) is 1. The number of Topliss-reactive ketones (excluding diaryl/α,β-unsaturated/α-hetero) is 1. The first-order valence-corrected chi connectivity index (χ1v) is 10.4. The van der Waals surface area contributed by atoms with Crippen LogP contribution >= 0.6 is 0 Å². The van der Waals surface area contributed by atoms with E-state index in [0.29, 0.717) is 32.7 Å². The Morgan fingerprint density at radius 3 is 2.86 bits per heavy atom. The number of nitrogens with zero attached hydrogens (tertiary/aromatic N) is 2. The molecule has 2 heterocycles. The van der Waals surface area contributed by atoms with Crippen molar-refractivity contribution in [1.82, 2.24) is 14.8 Å². The molecule has 2 aliphatic rings. The number of rotatable bonds is 8. The van der Waals surface area contributed by atoms with Gasteiger partial charge < -0.3 is 24.3 Å². The number of nitrogens with one attached hydrogen (secondary N) is 1. The molecular weight excluding hydrogens is 373 g/mol. The maximum atomic E-state index is 14.0. The van der Waals surface area contributed by atoms with E-state index in [1.54, 1.807) is 19.1 Å². The number of carbonyl (C=O) groups is 2. The SMILES string of the molecule is CC(=O)CCCn1cc(CN(C(=O)[C@H]2CNCCO2)C2CC2)c2cc(F)ccc21. The quantitative estimate of drug-likeness (QED) is 0.739. The molecule has 1 saturated carbocycles. The fourth-order valence-electron chi connectivity index (χ4n) is 4.02. The summed E-state index contributed by atoms with van der Waals surface area (Å²) in [6.07, 6.45) is 4.81. The molecule has 0 bridgehead atoms. The molecule has 0 spiro atoms. The summed E-state index contributed by atoms with van der Waals surface area (Å²) in [5.41, 5.74) is 1.87. The number of benzene rings is 1. The van der Waals surface area contributed by atoms with Crippen LogP contribution in [0.1, 0.15) is 38.2 Å². The highest BCUT2D eigenvalue weighted by atomic mass is 19.1. The lowest BCUT2D eigenvalue weighted by Crippen LogP contribution is -2.49. The third-order valence-corrected chi connectivity index (χ3v) is 5.67. The number of amides is 1. The van der Waals surface area contributed by atoms with Crippen molar-refractivity contribution in [2.45, 2.75) is 57.8 Å². The van der Waals surface area contributed by atoms with Crippen molar-refractivity contribution >= 4 is 22.6 Å². The van der Waals surface area contributed by atoms with E-state index < -0.39 is 6.10 Å². The molecule has 1 aliphatic heterocycles. The van der Waals surface area contributed by atoms with E-state index in [-0.39, 0.29) is 23.5 Å². The Morgan fingerprint density at radius 1 is 1.34 bits per heavy atom. The Kier molecular flexibility index (Phi) is 5.96. The van der Waals surface area contributed by atoms with Crippen LogP contribution in [0.4, 0.5) is 4.39 Å². The molecule has 1 saturated heterocycles. The van der Waals surface area contributed by atoms with Crippen molar-refractivity contribution < 1.29 is 18.7 Å². The average molecular weight is 401 g/mol. The second-order valence-corrected chi connectivity index (χ2v) is 8.08. The Morgan fingerprint density at radius 2 is 2.17 bits per heavy atom.